The number of benzene rings is 1. The first kappa shape index (κ1) is 15.2. The molecule has 1 N–H and O–H groups in total. The summed E-state index contributed by atoms with van der Waals surface area (Å²) in [5.74, 6) is 0.636. The van der Waals surface area contributed by atoms with Crippen LogP contribution in [0, 0.1) is 5.92 Å². The Balaban J connectivity index is 2.01. The monoisotopic (exact) mass is 401 g/mol. The molecular formula is C15H17Br2NS. The van der Waals surface area contributed by atoms with Crippen LogP contribution in [0.1, 0.15) is 10.4 Å². The standard InChI is InChI=1S/C15H17Br2NS/c1-18-10-12(9-14-6-7-15(17)19-14)8-11-2-4-13(16)5-3-11/h2-7,12,18H,8-10H2,1H3. The van der Waals surface area contributed by atoms with Crippen molar-refractivity contribution in [2.75, 3.05) is 13.6 Å². The maximum absolute atomic E-state index is 3.53. The summed E-state index contributed by atoms with van der Waals surface area (Å²) in [5, 5.41) is 3.31. The van der Waals surface area contributed by atoms with Crippen molar-refractivity contribution in [2.24, 2.45) is 5.92 Å². The van der Waals surface area contributed by atoms with Gasteiger partial charge in [0.15, 0.2) is 0 Å². The van der Waals surface area contributed by atoms with E-state index in [1.54, 1.807) is 0 Å². The van der Waals surface area contributed by atoms with Crippen molar-refractivity contribution >= 4 is 43.2 Å². The second kappa shape index (κ2) is 7.58. The number of hydrogen-bond donors (Lipinski definition) is 1. The summed E-state index contributed by atoms with van der Waals surface area (Å²) in [6.45, 7) is 1.05. The molecule has 1 aromatic heterocycles. The molecule has 0 spiro atoms. The van der Waals surface area contributed by atoms with Crippen molar-refractivity contribution in [2.45, 2.75) is 12.8 Å². The van der Waals surface area contributed by atoms with Gasteiger partial charge in [0.1, 0.15) is 0 Å². The molecule has 19 heavy (non-hydrogen) atoms. The summed E-state index contributed by atoms with van der Waals surface area (Å²) in [7, 11) is 2.03. The molecule has 1 atom stereocenters. The first-order valence-electron chi connectivity index (χ1n) is 6.30. The van der Waals surface area contributed by atoms with Crippen LogP contribution in [-0.4, -0.2) is 13.6 Å². The molecule has 0 radical (unpaired) electrons. The largest absolute Gasteiger partial charge is 0.319 e. The van der Waals surface area contributed by atoms with Gasteiger partial charge in [-0.1, -0.05) is 28.1 Å². The van der Waals surface area contributed by atoms with E-state index >= 15 is 0 Å². The highest BCUT2D eigenvalue weighted by atomic mass is 79.9. The molecule has 0 aliphatic rings. The minimum Gasteiger partial charge on any atom is -0.319 e. The number of hydrogen-bond acceptors (Lipinski definition) is 2. The van der Waals surface area contributed by atoms with Crippen LogP contribution in [0.5, 0.6) is 0 Å². The number of rotatable bonds is 6. The number of thiophene rings is 1. The zero-order valence-corrected chi connectivity index (χ0v) is 14.8. The van der Waals surface area contributed by atoms with E-state index in [-0.39, 0.29) is 0 Å². The highest BCUT2D eigenvalue weighted by Crippen LogP contribution is 2.25. The molecular weight excluding hydrogens is 386 g/mol. The summed E-state index contributed by atoms with van der Waals surface area (Å²) >= 11 is 8.85. The molecule has 0 saturated heterocycles. The molecule has 0 amide bonds. The Labute approximate surface area is 135 Å². The fourth-order valence-electron chi connectivity index (χ4n) is 2.20. The van der Waals surface area contributed by atoms with E-state index in [0.717, 1.165) is 23.9 Å². The quantitative estimate of drug-likeness (QED) is 0.724. The summed E-state index contributed by atoms with van der Waals surface area (Å²) in [4.78, 5) is 1.45. The molecule has 0 bridgehead atoms. The Morgan fingerprint density at radius 2 is 1.79 bits per heavy atom. The van der Waals surface area contributed by atoms with Crippen LogP contribution in [-0.2, 0) is 12.8 Å². The zero-order chi connectivity index (χ0) is 13.7. The first-order chi connectivity index (χ1) is 9.17. The smallest absolute Gasteiger partial charge is 0.0701 e. The van der Waals surface area contributed by atoms with E-state index in [0.29, 0.717) is 5.92 Å². The Morgan fingerprint density at radius 1 is 1.05 bits per heavy atom. The van der Waals surface area contributed by atoms with Crippen LogP contribution in [0.3, 0.4) is 0 Å². The van der Waals surface area contributed by atoms with E-state index in [2.05, 4.69) is 73.6 Å². The number of nitrogens with one attached hydrogen (secondary N) is 1. The van der Waals surface area contributed by atoms with Crippen LogP contribution in [0.4, 0.5) is 0 Å². The van der Waals surface area contributed by atoms with Crippen LogP contribution >= 0.6 is 43.2 Å². The van der Waals surface area contributed by atoms with Crippen molar-refractivity contribution < 1.29 is 0 Å². The molecule has 0 fully saturated rings. The predicted octanol–water partition coefficient (Wildman–Crippen LogP) is 4.89. The SMILES string of the molecule is CNCC(Cc1ccc(Br)cc1)Cc1ccc(Br)s1. The Morgan fingerprint density at radius 3 is 2.37 bits per heavy atom. The normalized spacial score (nSPS) is 12.6. The molecule has 2 rings (SSSR count). The molecule has 1 unspecified atom stereocenters. The van der Waals surface area contributed by atoms with Gasteiger partial charge in [0, 0.05) is 9.35 Å². The maximum Gasteiger partial charge on any atom is 0.0701 e. The first-order valence-corrected chi connectivity index (χ1v) is 8.71. The molecule has 1 nitrogen and oxygen atoms in total. The van der Waals surface area contributed by atoms with Gasteiger partial charge in [-0.05, 0) is 78.1 Å². The van der Waals surface area contributed by atoms with Gasteiger partial charge in [-0.15, -0.1) is 11.3 Å². The molecule has 0 aliphatic carbocycles. The van der Waals surface area contributed by atoms with Gasteiger partial charge < -0.3 is 5.32 Å². The number of halogens is 2. The zero-order valence-electron chi connectivity index (χ0n) is 10.8. The lowest BCUT2D eigenvalue weighted by molar-refractivity contribution is 0.496. The highest BCUT2D eigenvalue weighted by Gasteiger charge is 2.11. The van der Waals surface area contributed by atoms with Gasteiger partial charge in [0.25, 0.3) is 0 Å². The fraction of sp³-hybridized carbons (Fsp3) is 0.333. The van der Waals surface area contributed by atoms with E-state index in [1.165, 1.54) is 14.2 Å². The van der Waals surface area contributed by atoms with Gasteiger partial charge in [0.2, 0.25) is 0 Å². The molecule has 1 heterocycles. The van der Waals surface area contributed by atoms with Crippen molar-refractivity contribution in [1.82, 2.24) is 5.32 Å². The summed E-state index contributed by atoms with van der Waals surface area (Å²) in [5.41, 5.74) is 1.40. The highest BCUT2D eigenvalue weighted by molar-refractivity contribution is 9.11. The lowest BCUT2D eigenvalue weighted by Crippen LogP contribution is -2.22. The minimum atomic E-state index is 0.636. The minimum absolute atomic E-state index is 0.636. The summed E-state index contributed by atoms with van der Waals surface area (Å²) < 4.78 is 2.36. The second-order valence-corrected chi connectivity index (χ2v) is 8.13. The van der Waals surface area contributed by atoms with Gasteiger partial charge >= 0.3 is 0 Å². The summed E-state index contributed by atoms with van der Waals surface area (Å²) in [6, 6.07) is 13.0. The average Bonchev–Trinajstić information content (AvgIpc) is 2.78. The molecule has 2 aromatic rings. The summed E-state index contributed by atoms with van der Waals surface area (Å²) in [6.07, 6.45) is 2.25. The van der Waals surface area contributed by atoms with Crippen LogP contribution < -0.4 is 5.32 Å². The Hall–Kier alpha value is -0.160. The van der Waals surface area contributed by atoms with Crippen molar-refractivity contribution in [1.29, 1.82) is 0 Å². The molecule has 4 heteroatoms. The molecule has 102 valence electrons. The van der Waals surface area contributed by atoms with E-state index < -0.39 is 0 Å². The van der Waals surface area contributed by atoms with Crippen LogP contribution in [0.2, 0.25) is 0 Å². The third-order valence-corrected chi connectivity index (χ3v) is 5.22. The molecule has 0 saturated carbocycles. The Bertz CT molecular complexity index is 507. The lowest BCUT2D eigenvalue weighted by atomic mass is 9.95. The second-order valence-electron chi connectivity index (χ2n) is 4.66. The fourth-order valence-corrected chi connectivity index (χ4v) is 4.07. The lowest BCUT2D eigenvalue weighted by Gasteiger charge is -2.16. The van der Waals surface area contributed by atoms with Gasteiger partial charge in [0.05, 0.1) is 3.79 Å². The van der Waals surface area contributed by atoms with Gasteiger partial charge in [-0.3, -0.25) is 0 Å². The van der Waals surface area contributed by atoms with Crippen molar-refractivity contribution in [3.8, 4) is 0 Å². The average molecular weight is 403 g/mol. The van der Waals surface area contributed by atoms with Crippen LogP contribution in [0.25, 0.3) is 0 Å². The third kappa shape index (κ3) is 5.03. The van der Waals surface area contributed by atoms with Crippen LogP contribution in [0.15, 0.2) is 44.7 Å². The van der Waals surface area contributed by atoms with Gasteiger partial charge in [-0.2, -0.15) is 0 Å². The topological polar surface area (TPSA) is 12.0 Å². The van der Waals surface area contributed by atoms with E-state index in [1.807, 2.05) is 18.4 Å². The predicted molar refractivity (Wildman–Crippen MR) is 91.0 cm³/mol. The molecule has 0 aliphatic heterocycles. The Kier molecular flexibility index (Phi) is 6.07. The maximum atomic E-state index is 3.53. The van der Waals surface area contributed by atoms with Crippen molar-refractivity contribution in [3.05, 3.63) is 55.1 Å². The third-order valence-electron chi connectivity index (χ3n) is 3.05. The van der Waals surface area contributed by atoms with E-state index in [4.69, 9.17) is 0 Å². The van der Waals surface area contributed by atoms with Crippen molar-refractivity contribution in [3.63, 3.8) is 0 Å². The van der Waals surface area contributed by atoms with Gasteiger partial charge in [-0.25, -0.2) is 0 Å². The molecule has 1 aromatic carbocycles. The van der Waals surface area contributed by atoms with E-state index in [9.17, 15) is 0 Å².